The smallest absolute Gasteiger partial charge is 0.402 e. The molecular weight excluding hydrogens is 428 g/mol. The molecule has 1 fully saturated rings. The van der Waals surface area contributed by atoms with Crippen LogP contribution in [-0.2, 0) is 6.42 Å². The first-order chi connectivity index (χ1) is 15.6. The van der Waals surface area contributed by atoms with Crippen LogP contribution in [0.5, 0.6) is 5.75 Å². The van der Waals surface area contributed by atoms with Crippen LogP contribution in [0.1, 0.15) is 18.4 Å². The molecule has 0 unspecified atom stereocenters. The summed E-state index contributed by atoms with van der Waals surface area (Å²) in [6.45, 7) is 2.56. The molecule has 4 rings (SSSR count). The molecule has 1 aliphatic heterocycles. The third-order valence-corrected chi connectivity index (χ3v) is 5.53. The summed E-state index contributed by atoms with van der Waals surface area (Å²) in [5.74, 6) is -0.0770. The average molecular weight is 453 g/mol. The van der Waals surface area contributed by atoms with Crippen LogP contribution in [0.4, 0.5) is 21.9 Å². The van der Waals surface area contributed by atoms with Crippen molar-refractivity contribution in [3.05, 3.63) is 81.7 Å². The molecule has 1 aromatic heterocycles. The van der Waals surface area contributed by atoms with Gasteiger partial charge in [-0.2, -0.15) is 0 Å². The molecule has 1 amide bonds. The number of anilines is 3. The highest BCUT2D eigenvalue weighted by atomic mass is 35.5. The Balaban J connectivity index is 1.39. The van der Waals surface area contributed by atoms with Crippen LogP contribution in [0.15, 0.2) is 65.6 Å². The van der Waals surface area contributed by atoms with Crippen molar-refractivity contribution in [3.63, 3.8) is 0 Å². The standard InChI is InChI=1S/C24H25ClN4O3/c25-18-6-3-5-17(15-18)9-11-26-21-10-12-27-23(30)22(21)32-24(31)28-19-7-4-8-20(16-19)29-13-1-2-14-29/h3-8,10,12,15-16H,1-2,9,11,13-14H2,(H,28,31)(H2,26,27,30). The monoisotopic (exact) mass is 452 g/mol. The first-order valence-corrected chi connectivity index (χ1v) is 11.0. The minimum absolute atomic E-state index is 0.0770. The minimum atomic E-state index is -0.724. The summed E-state index contributed by atoms with van der Waals surface area (Å²) >= 11 is 6.02. The van der Waals surface area contributed by atoms with Crippen LogP contribution < -0.4 is 25.8 Å². The van der Waals surface area contributed by atoms with Gasteiger partial charge in [0.1, 0.15) is 0 Å². The van der Waals surface area contributed by atoms with Crippen molar-refractivity contribution in [2.75, 3.05) is 35.2 Å². The molecule has 3 aromatic rings. The summed E-state index contributed by atoms with van der Waals surface area (Å²) in [4.78, 5) is 29.6. The first kappa shape index (κ1) is 21.8. The molecule has 7 nitrogen and oxygen atoms in total. The molecule has 2 aromatic carbocycles. The number of carbonyl (C=O) groups excluding carboxylic acids is 1. The number of pyridine rings is 1. The highest BCUT2D eigenvalue weighted by Gasteiger charge is 2.16. The van der Waals surface area contributed by atoms with Crippen LogP contribution in [0, 0.1) is 0 Å². The first-order valence-electron chi connectivity index (χ1n) is 10.6. The molecule has 2 heterocycles. The molecule has 1 aliphatic rings. The zero-order valence-electron chi connectivity index (χ0n) is 17.6. The van der Waals surface area contributed by atoms with Crippen LogP contribution in [0.2, 0.25) is 5.02 Å². The molecule has 0 aliphatic carbocycles. The van der Waals surface area contributed by atoms with Gasteiger partial charge in [0, 0.05) is 42.2 Å². The van der Waals surface area contributed by atoms with Crippen molar-refractivity contribution in [1.29, 1.82) is 0 Å². The Hall–Kier alpha value is -3.45. The van der Waals surface area contributed by atoms with Gasteiger partial charge in [0.2, 0.25) is 5.75 Å². The Morgan fingerprint density at radius 3 is 2.72 bits per heavy atom. The summed E-state index contributed by atoms with van der Waals surface area (Å²) in [5.41, 5.74) is 2.69. The zero-order valence-corrected chi connectivity index (χ0v) is 18.3. The molecule has 32 heavy (non-hydrogen) atoms. The van der Waals surface area contributed by atoms with E-state index in [-0.39, 0.29) is 5.75 Å². The van der Waals surface area contributed by atoms with E-state index in [4.69, 9.17) is 16.3 Å². The summed E-state index contributed by atoms with van der Waals surface area (Å²) in [6.07, 6.45) is 3.82. The van der Waals surface area contributed by atoms with Crippen LogP contribution in [0.3, 0.4) is 0 Å². The number of carbonyl (C=O) groups is 1. The van der Waals surface area contributed by atoms with E-state index >= 15 is 0 Å². The zero-order chi connectivity index (χ0) is 22.3. The number of nitrogens with zero attached hydrogens (tertiary/aromatic N) is 1. The number of halogens is 1. The lowest BCUT2D eigenvalue weighted by Crippen LogP contribution is -2.23. The van der Waals surface area contributed by atoms with Gasteiger partial charge >= 0.3 is 6.09 Å². The van der Waals surface area contributed by atoms with Crippen molar-refractivity contribution in [2.24, 2.45) is 0 Å². The molecule has 1 saturated heterocycles. The van der Waals surface area contributed by atoms with Crippen molar-refractivity contribution in [3.8, 4) is 5.75 Å². The number of benzene rings is 2. The second-order valence-corrected chi connectivity index (χ2v) is 8.05. The second-order valence-electron chi connectivity index (χ2n) is 7.62. The number of ether oxygens (including phenoxy) is 1. The minimum Gasteiger partial charge on any atom is -0.402 e. The quantitative estimate of drug-likeness (QED) is 0.475. The fourth-order valence-corrected chi connectivity index (χ4v) is 3.94. The Kier molecular flexibility index (Phi) is 6.97. The molecule has 3 N–H and O–H groups in total. The predicted octanol–water partition coefficient (Wildman–Crippen LogP) is 4.89. The summed E-state index contributed by atoms with van der Waals surface area (Å²) in [5, 5.41) is 6.55. The van der Waals surface area contributed by atoms with Crippen LogP contribution in [0.25, 0.3) is 0 Å². The van der Waals surface area contributed by atoms with E-state index in [1.165, 1.54) is 19.0 Å². The summed E-state index contributed by atoms with van der Waals surface area (Å²) in [7, 11) is 0. The number of hydrogen-bond acceptors (Lipinski definition) is 5. The Morgan fingerprint density at radius 1 is 1.09 bits per heavy atom. The Labute approximate surface area is 191 Å². The maximum absolute atomic E-state index is 12.5. The fourth-order valence-electron chi connectivity index (χ4n) is 3.73. The molecule has 166 valence electrons. The third-order valence-electron chi connectivity index (χ3n) is 5.29. The van der Waals surface area contributed by atoms with Crippen LogP contribution in [-0.4, -0.2) is 30.7 Å². The molecule has 0 atom stereocenters. The van der Waals surface area contributed by atoms with E-state index in [0.29, 0.717) is 29.4 Å². The van der Waals surface area contributed by atoms with E-state index in [0.717, 1.165) is 24.3 Å². The lowest BCUT2D eigenvalue weighted by molar-refractivity contribution is 0.215. The maximum Gasteiger partial charge on any atom is 0.417 e. The van der Waals surface area contributed by atoms with Gasteiger partial charge in [-0.15, -0.1) is 0 Å². The van der Waals surface area contributed by atoms with Gasteiger partial charge in [0.15, 0.2) is 0 Å². The molecule has 8 heteroatoms. The largest absolute Gasteiger partial charge is 0.417 e. The highest BCUT2D eigenvalue weighted by molar-refractivity contribution is 6.30. The maximum atomic E-state index is 12.5. The summed E-state index contributed by atoms with van der Waals surface area (Å²) in [6, 6.07) is 16.9. The van der Waals surface area contributed by atoms with Gasteiger partial charge in [-0.1, -0.05) is 29.8 Å². The van der Waals surface area contributed by atoms with Gasteiger partial charge in [-0.05, 0) is 61.2 Å². The molecule has 0 saturated carbocycles. The van der Waals surface area contributed by atoms with E-state index in [2.05, 4.69) is 20.5 Å². The van der Waals surface area contributed by atoms with E-state index in [1.807, 2.05) is 42.5 Å². The number of aromatic nitrogens is 1. The molecule has 0 bridgehead atoms. The number of nitrogens with one attached hydrogen (secondary N) is 3. The van der Waals surface area contributed by atoms with E-state index in [1.54, 1.807) is 12.1 Å². The van der Waals surface area contributed by atoms with Crippen molar-refractivity contribution in [2.45, 2.75) is 19.3 Å². The molecule has 0 spiro atoms. The number of hydrogen-bond donors (Lipinski definition) is 3. The normalized spacial score (nSPS) is 13.1. The van der Waals surface area contributed by atoms with Crippen molar-refractivity contribution in [1.82, 2.24) is 4.98 Å². The summed E-state index contributed by atoms with van der Waals surface area (Å²) < 4.78 is 5.38. The average Bonchev–Trinajstić information content (AvgIpc) is 3.31. The predicted molar refractivity (Wildman–Crippen MR) is 128 cm³/mol. The Morgan fingerprint density at radius 2 is 1.91 bits per heavy atom. The van der Waals surface area contributed by atoms with Gasteiger partial charge in [0.05, 0.1) is 5.69 Å². The molecule has 0 radical (unpaired) electrons. The van der Waals surface area contributed by atoms with Gasteiger partial charge in [0.25, 0.3) is 5.56 Å². The lowest BCUT2D eigenvalue weighted by atomic mass is 10.1. The highest BCUT2D eigenvalue weighted by Crippen LogP contribution is 2.24. The van der Waals surface area contributed by atoms with E-state index in [9.17, 15) is 9.59 Å². The fraction of sp³-hybridized carbons (Fsp3) is 0.250. The number of rotatable bonds is 7. The topological polar surface area (TPSA) is 86.5 Å². The van der Waals surface area contributed by atoms with Gasteiger partial charge < -0.3 is 19.9 Å². The number of amides is 1. The molecular formula is C24H25ClN4O3. The lowest BCUT2D eigenvalue weighted by Gasteiger charge is -2.18. The number of aromatic amines is 1. The Bertz CT molecular complexity index is 1140. The van der Waals surface area contributed by atoms with Gasteiger partial charge in [-0.3, -0.25) is 10.1 Å². The van der Waals surface area contributed by atoms with Crippen molar-refractivity contribution < 1.29 is 9.53 Å². The number of H-pyrrole nitrogens is 1. The van der Waals surface area contributed by atoms with Crippen LogP contribution >= 0.6 is 11.6 Å². The SMILES string of the molecule is O=C(Nc1cccc(N2CCCC2)c1)Oc1c(NCCc2cccc(Cl)c2)cc[nH]c1=O. The van der Waals surface area contributed by atoms with Gasteiger partial charge in [-0.25, -0.2) is 4.79 Å². The van der Waals surface area contributed by atoms with Crippen molar-refractivity contribution >= 4 is 34.8 Å². The second kappa shape index (κ2) is 10.2. The van der Waals surface area contributed by atoms with E-state index < -0.39 is 11.7 Å². The third kappa shape index (κ3) is 5.62.